The number of para-hydroxylation sites is 1. The Labute approximate surface area is 223 Å². The average molecular weight is 513 g/mol. The molecule has 0 radical (unpaired) electrons. The lowest BCUT2D eigenvalue weighted by molar-refractivity contribution is 0.0951. The number of piperidine rings is 1. The van der Waals surface area contributed by atoms with Crippen LogP contribution < -0.4 is 15.8 Å². The van der Waals surface area contributed by atoms with E-state index in [4.69, 9.17) is 0 Å². The van der Waals surface area contributed by atoms with E-state index >= 15 is 0 Å². The topological polar surface area (TPSA) is 95.9 Å². The largest absolute Gasteiger partial charge is 0.348 e. The smallest absolute Gasteiger partial charge is 0.254 e. The minimum Gasteiger partial charge on any atom is -0.348 e. The van der Waals surface area contributed by atoms with Crippen LogP contribution in [0.15, 0.2) is 53.6 Å². The first kappa shape index (κ1) is 25.7. The minimum atomic E-state index is -0.150. The summed E-state index contributed by atoms with van der Waals surface area (Å²) in [7, 11) is 0. The highest BCUT2D eigenvalue weighted by Crippen LogP contribution is 2.36. The molecule has 38 heavy (non-hydrogen) atoms. The van der Waals surface area contributed by atoms with E-state index < -0.39 is 0 Å². The van der Waals surface area contributed by atoms with Crippen molar-refractivity contribution < 1.29 is 4.79 Å². The number of carbonyl (C=O) groups is 1. The third-order valence-corrected chi connectivity index (χ3v) is 8.02. The van der Waals surface area contributed by atoms with Gasteiger partial charge in [0.2, 0.25) is 5.95 Å². The van der Waals surface area contributed by atoms with Crippen LogP contribution in [0, 0.1) is 19.8 Å². The second-order valence-electron chi connectivity index (χ2n) is 10.3. The van der Waals surface area contributed by atoms with Crippen LogP contribution in [-0.4, -0.2) is 38.5 Å². The predicted molar refractivity (Wildman–Crippen MR) is 151 cm³/mol. The van der Waals surface area contributed by atoms with E-state index in [1.807, 2.05) is 51.1 Å². The number of carbonyl (C=O) groups excluding carboxylic acids is 1. The number of rotatable bonds is 7. The number of H-pyrrole nitrogens is 1. The van der Waals surface area contributed by atoms with E-state index in [9.17, 15) is 9.59 Å². The molecule has 1 fully saturated rings. The van der Waals surface area contributed by atoms with Crippen LogP contribution in [0.3, 0.4) is 0 Å². The molecule has 0 bridgehead atoms. The summed E-state index contributed by atoms with van der Waals surface area (Å²) >= 11 is 0. The molecular weight excluding hydrogens is 476 g/mol. The number of nitrogens with zero attached hydrogens (tertiary/aromatic N) is 4. The molecule has 4 aromatic rings. The van der Waals surface area contributed by atoms with Gasteiger partial charge in [-0.25, -0.2) is 9.97 Å². The van der Waals surface area contributed by atoms with Crippen LogP contribution in [0.25, 0.3) is 10.9 Å². The Morgan fingerprint density at radius 2 is 1.84 bits per heavy atom. The van der Waals surface area contributed by atoms with Gasteiger partial charge >= 0.3 is 0 Å². The summed E-state index contributed by atoms with van der Waals surface area (Å²) in [6.07, 6.45) is 6.38. The first-order chi connectivity index (χ1) is 18.4. The molecule has 0 saturated carbocycles. The van der Waals surface area contributed by atoms with Gasteiger partial charge in [0.05, 0.1) is 5.56 Å². The lowest BCUT2D eigenvalue weighted by Crippen LogP contribution is -2.37. The molecule has 1 unspecified atom stereocenters. The summed E-state index contributed by atoms with van der Waals surface area (Å²) in [5.41, 5.74) is 4.99. The van der Waals surface area contributed by atoms with Crippen molar-refractivity contribution in [2.24, 2.45) is 5.92 Å². The quantitative estimate of drug-likeness (QED) is 0.374. The third-order valence-electron chi connectivity index (χ3n) is 8.02. The fraction of sp³-hybridized carbons (Fsp3) is 0.400. The fourth-order valence-corrected chi connectivity index (χ4v) is 6.00. The van der Waals surface area contributed by atoms with Crippen molar-refractivity contribution in [1.29, 1.82) is 0 Å². The molecular formula is C30H36N6O2. The number of amides is 1. The van der Waals surface area contributed by atoms with E-state index in [1.54, 1.807) is 12.4 Å². The Balaban J connectivity index is 1.39. The van der Waals surface area contributed by atoms with Crippen LogP contribution in [0.1, 0.15) is 65.6 Å². The van der Waals surface area contributed by atoms with E-state index in [2.05, 4.69) is 42.7 Å². The Morgan fingerprint density at radius 1 is 1.13 bits per heavy atom. The van der Waals surface area contributed by atoms with Gasteiger partial charge in [0.25, 0.3) is 11.5 Å². The standard InChI is InChI=1S/C30H36N6O2/c1-5-22-17-19(2)34-28(37)25(22)18-33-29(38)27-21(4)36(26-10-7-6-9-24(26)27)20(3)23-11-15-35(16-12-23)30-31-13-8-14-32-30/h6-10,13-14,17,20,23H,5,11-12,15-16,18H2,1-4H3,(H,33,38)(H,34,37). The average Bonchev–Trinajstić information content (AvgIpc) is 3.23. The number of hydrogen-bond acceptors (Lipinski definition) is 5. The number of hydrogen-bond donors (Lipinski definition) is 2. The van der Waals surface area contributed by atoms with Crippen molar-refractivity contribution in [1.82, 2.24) is 24.8 Å². The Bertz CT molecular complexity index is 1500. The van der Waals surface area contributed by atoms with Gasteiger partial charge in [-0.1, -0.05) is 25.1 Å². The zero-order chi connectivity index (χ0) is 26.8. The van der Waals surface area contributed by atoms with Crippen LogP contribution in [0.4, 0.5) is 5.95 Å². The zero-order valence-electron chi connectivity index (χ0n) is 22.6. The Hall–Kier alpha value is -3.94. The van der Waals surface area contributed by atoms with Crippen molar-refractivity contribution in [2.45, 2.75) is 59.5 Å². The maximum absolute atomic E-state index is 13.6. The van der Waals surface area contributed by atoms with E-state index in [1.165, 1.54) is 0 Å². The van der Waals surface area contributed by atoms with Gasteiger partial charge in [0.15, 0.2) is 0 Å². The van der Waals surface area contributed by atoms with Gasteiger partial charge in [0, 0.05) is 65.9 Å². The molecule has 1 aliphatic heterocycles. The van der Waals surface area contributed by atoms with Crippen molar-refractivity contribution in [2.75, 3.05) is 18.0 Å². The highest BCUT2D eigenvalue weighted by molar-refractivity contribution is 6.08. The van der Waals surface area contributed by atoms with E-state index in [0.717, 1.165) is 66.2 Å². The molecule has 4 heterocycles. The second-order valence-corrected chi connectivity index (χ2v) is 10.3. The van der Waals surface area contributed by atoms with Crippen LogP contribution >= 0.6 is 0 Å². The summed E-state index contributed by atoms with van der Waals surface area (Å²) in [4.78, 5) is 40.1. The number of aromatic amines is 1. The van der Waals surface area contributed by atoms with Crippen molar-refractivity contribution in [3.05, 3.63) is 87.2 Å². The van der Waals surface area contributed by atoms with E-state index in [-0.39, 0.29) is 24.1 Å². The minimum absolute atomic E-state index is 0.137. The number of pyridine rings is 1. The van der Waals surface area contributed by atoms with Gasteiger partial charge in [0.1, 0.15) is 0 Å². The number of benzene rings is 1. The van der Waals surface area contributed by atoms with Gasteiger partial charge in [-0.15, -0.1) is 0 Å². The van der Waals surface area contributed by atoms with Crippen LogP contribution in [0.5, 0.6) is 0 Å². The van der Waals surface area contributed by atoms with Gasteiger partial charge in [-0.3, -0.25) is 9.59 Å². The van der Waals surface area contributed by atoms with Crippen LogP contribution in [-0.2, 0) is 13.0 Å². The van der Waals surface area contributed by atoms with Gasteiger partial charge in [-0.05, 0) is 69.7 Å². The molecule has 5 rings (SSSR count). The monoisotopic (exact) mass is 512 g/mol. The first-order valence-corrected chi connectivity index (χ1v) is 13.5. The molecule has 1 atom stereocenters. The number of aromatic nitrogens is 4. The molecule has 1 aliphatic rings. The second kappa shape index (κ2) is 10.8. The zero-order valence-corrected chi connectivity index (χ0v) is 22.6. The molecule has 3 aromatic heterocycles. The SMILES string of the molecule is CCc1cc(C)[nH]c(=O)c1CNC(=O)c1c(C)n(C(C)C2CCN(c3ncccn3)CC2)c2ccccc12. The first-order valence-electron chi connectivity index (χ1n) is 13.5. The number of fused-ring (bicyclic) bond motifs is 1. The lowest BCUT2D eigenvalue weighted by atomic mass is 9.90. The lowest BCUT2D eigenvalue weighted by Gasteiger charge is -2.36. The molecule has 1 saturated heterocycles. The molecule has 8 heteroatoms. The third kappa shape index (κ3) is 4.83. The number of anilines is 1. The fourth-order valence-electron chi connectivity index (χ4n) is 6.00. The van der Waals surface area contributed by atoms with Crippen LogP contribution in [0.2, 0.25) is 0 Å². The van der Waals surface area contributed by atoms with Crippen molar-refractivity contribution in [3.63, 3.8) is 0 Å². The predicted octanol–water partition coefficient (Wildman–Crippen LogP) is 4.71. The molecule has 1 aromatic carbocycles. The number of aryl methyl sites for hydroxylation is 2. The highest BCUT2D eigenvalue weighted by atomic mass is 16.2. The maximum Gasteiger partial charge on any atom is 0.254 e. The molecule has 8 nitrogen and oxygen atoms in total. The molecule has 0 spiro atoms. The molecule has 198 valence electrons. The van der Waals surface area contributed by atoms with E-state index in [0.29, 0.717) is 17.0 Å². The van der Waals surface area contributed by atoms with Crippen molar-refractivity contribution >= 4 is 22.8 Å². The van der Waals surface area contributed by atoms with Gasteiger partial charge < -0.3 is 19.8 Å². The normalized spacial score (nSPS) is 15.1. The van der Waals surface area contributed by atoms with Crippen molar-refractivity contribution in [3.8, 4) is 0 Å². The molecule has 1 amide bonds. The maximum atomic E-state index is 13.6. The summed E-state index contributed by atoms with van der Waals surface area (Å²) in [6.45, 7) is 10.2. The Morgan fingerprint density at radius 3 is 2.55 bits per heavy atom. The summed E-state index contributed by atoms with van der Waals surface area (Å²) in [5, 5.41) is 3.99. The molecule has 2 N–H and O–H groups in total. The summed E-state index contributed by atoms with van der Waals surface area (Å²) in [5.74, 6) is 1.11. The Kier molecular flexibility index (Phi) is 7.31. The number of nitrogens with one attached hydrogen (secondary N) is 2. The summed E-state index contributed by atoms with van der Waals surface area (Å²) in [6, 6.07) is 12.2. The molecule has 0 aliphatic carbocycles. The van der Waals surface area contributed by atoms with Gasteiger partial charge in [-0.2, -0.15) is 0 Å². The summed E-state index contributed by atoms with van der Waals surface area (Å²) < 4.78 is 2.33. The highest BCUT2D eigenvalue weighted by Gasteiger charge is 2.29.